The highest BCUT2D eigenvalue weighted by Gasteiger charge is 2.25. The third-order valence-corrected chi connectivity index (χ3v) is 3.50. The molecule has 0 saturated heterocycles. The van der Waals surface area contributed by atoms with Gasteiger partial charge in [-0.15, -0.1) is 0 Å². The zero-order valence-electron chi connectivity index (χ0n) is 11.4. The van der Waals surface area contributed by atoms with Crippen LogP contribution in [0.3, 0.4) is 0 Å². The SMILES string of the molecule is CC(C)CN(C)C(=O)c1cc(F)c(F)cc1S(N)(=O)=O. The van der Waals surface area contributed by atoms with E-state index in [1.807, 2.05) is 13.8 Å². The van der Waals surface area contributed by atoms with Crippen molar-refractivity contribution < 1.29 is 22.0 Å². The van der Waals surface area contributed by atoms with Gasteiger partial charge in [-0.1, -0.05) is 13.8 Å². The molecule has 5 nitrogen and oxygen atoms in total. The number of rotatable bonds is 4. The first-order valence-corrected chi connectivity index (χ1v) is 7.36. The fraction of sp³-hybridized carbons (Fsp3) is 0.417. The van der Waals surface area contributed by atoms with Crippen LogP contribution in [0, 0.1) is 17.6 Å². The van der Waals surface area contributed by atoms with Crippen LogP contribution in [-0.2, 0) is 10.0 Å². The van der Waals surface area contributed by atoms with Crippen LogP contribution in [0.5, 0.6) is 0 Å². The number of amides is 1. The normalized spacial score (nSPS) is 11.8. The van der Waals surface area contributed by atoms with Crippen LogP contribution in [0.1, 0.15) is 24.2 Å². The topological polar surface area (TPSA) is 80.5 Å². The Morgan fingerprint density at radius 1 is 1.30 bits per heavy atom. The lowest BCUT2D eigenvalue weighted by atomic mass is 10.1. The van der Waals surface area contributed by atoms with Crippen LogP contribution in [0.15, 0.2) is 17.0 Å². The first-order valence-electron chi connectivity index (χ1n) is 5.81. The summed E-state index contributed by atoms with van der Waals surface area (Å²) in [7, 11) is -2.89. The molecule has 0 atom stereocenters. The van der Waals surface area contributed by atoms with Crippen molar-refractivity contribution >= 4 is 15.9 Å². The van der Waals surface area contributed by atoms with Crippen molar-refractivity contribution in [1.82, 2.24) is 4.90 Å². The van der Waals surface area contributed by atoms with Gasteiger partial charge in [0.2, 0.25) is 10.0 Å². The van der Waals surface area contributed by atoms with Crippen LogP contribution < -0.4 is 5.14 Å². The van der Waals surface area contributed by atoms with E-state index in [1.165, 1.54) is 11.9 Å². The van der Waals surface area contributed by atoms with Gasteiger partial charge in [-0.3, -0.25) is 4.79 Å². The summed E-state index contributed by atoms with van der Waals surface area (Å²) >= 11 is 0. The number of carbonyl (C=O) groups is 1. The van der Waals surface area contributed by atoms with Crippen LogP contribution in [0.4, 0.5) is 8.78 Å². The number of nitrogens with zero attached hydrogens (tertiary/aromatic N) is 1. The predicted octanol–water partition coefficient (Wildman–Crippen LogP) is 1.34. The summed E-state index contributed by atoms with van der Waals surface area (Å²) < 4.78 is 49.2. The Balaban J connectivity index is 3.37. The zero-order chi connectivity index (χ0) is 15.7. The highest BCUT2D eigenvalue weighted by Crippen LogP contribution is 2.20. The third kappa shape index (κ3) is 3.73. The fourth-order valence-electron chi connectivity index (χ4n) is 1.77. The lowest BCUT2D eigenvalue weighted by molar-refractivity contribution is 0.0774. The summed E-state index contributed by atoms with van der Waals surface area (Å²) in [6.07, 6.45) is 0. The molecule has 1 amide bonds. The van der Waals surface area contributed by atoms with Gasteiger partial charge in [0.25, 0.3) is 5.91 Å². The van der Waals surface area contributed by atoms with E-state index in [-0.39, 0.29) is 5.92 Å². The summed E-state index contributed by atoms with van der Waals surface area (Å²) in [4.78, 5) is 12.6. The highest BCUT2D eigenvalue weighted by atomic mass is 32.2. The molecule has 0 fully saturated rings. The monoisotopic (exact) mass is 306 g/mol. The van der Waals surface area contributed by atoms with E-state index in [4.69, 9.17) is 5.14 Å². The molecule has 0 bridgehead atoms. The smallest absolute Gasteiger partial charge is 0.255 e. The van der Waals surface area contributed by atoms with Crippen molar-refractivity contribution in [1.29, 1.82) is 0 Å². The number of benzene rings is 1. The van der Waals surface area contributed by atoms with E-state index >= 15 is 0 Å². The molecule has 112 valence electrons. The second-order valence-corrected chi connectivity index (χ2v) is 6.42. The van der Waals surface area contributed by atoms with Gasteiger partial charge in [0.15, 0.2) is 11.6 Å². The van der Waals surface area contributed by atoms with Crippen molar-refractivity contribution in [3.8, 4) is 0 Å². The Morgan fingerprint density at radius 2 is 1.80 bits per heavy atom. The molecule has 0 heterocycles. The van der Waals surface area contributed by atoms with Gasteiger partial charge in [0, 0.05) is 13.6 Å². The van der Waals surface area contributed by atoms with Gasteiger partial charge in [-0.25, -0.2) is 22.3 Å². The summed E-state index contributed by atoms with van der Waals surface area (Å²) in [6.45, 7) is 4.05. The number of hydrogen-bond donors (Lipinski definition) is 1. The lowest BCUT2D eigenvalue weighted by Gasteiger charge is -2.20. The fourth-order valence-corrected chi connectivity index (χ4v) is 2.49. The molecule has 1 aromatic rings. The Labute approximate surface area is 116 Å². The number of sulfonamides is 1. The highest BCUT2D eigenvalue weighted by molar-refractivity contribution is 7.89. The Kier molecular flexibility index (Phi) is 4.82. The standard InChI is InChI=1S/C12H16F2N2O3S/c1-7(2)6-16(3)12(17)8-4-9(13)10(14)5-11(8)20(15,18)19/h4-5,7H,6H2,1-3H3,(H2,15,18,19). The molecule has 20 heavy (non-hydrogen) atoms. The number of carbonyl (C=O) groups excluding carboxylic acids is 1. The van der Waals surface area contributed by atoms with Crippen molar-refractivity contribution in [3.63, 3.8) is 0 Å². The van der Waals surface area contributed by atoms with E-state index in [2.05, 4.69) is 0 Å². The quantitative estimate of drug-likeness (QED) is 0.911. The molecular weight excluding hydrogens is 290 g/mol. The molecule has 2 N–H and O–H groups in total. The Morgan fingerprint density at radius 3 is 2.25 bits per heavy atom. The van der Waals surface area contributed by atoms with Crippen LogP contribution >= 0.6 is 0 Å². The molecule has 0 aromatic heterocycles. The van der Waals surface area contributed by atoms with Gasteiger partial charge in [0.1, 0.15) is 0 Å². The van der Waals surface area contributed by atoms with Gasteiger partial charge in [0.05, 0.1) is 10.5 Å². The average Bonchev–Trinajstić information content (AvgIpc) is 2.28. The van der Waals surface area contributed by atoms with Crippen LogP contribution in [-0.4, -0.2) is 32.8 Å². The van der Waals surface area contributed by atoms with Crippen LogP contribution in [0.25, 0.3) is 0 Å². The molecule has 0 aliphatic rings. The Hall–Kier alpha value is -1.54. The van der Waals surface area contributed by atoms with Crippen molar-refractivity contribution in [2.75, 3.05) is 13.6 Å². The maximum absolute atomic E-state index is 13.3. The zero-order valence-corrected chi connectivity index (χ0v) is 12.2. The third-order valence-electron chi connectivity index (χ3n) is 2.55. The number of primary sulfonamides is 1. The van der Waals surface area contributed by atoms with E-state index in [9.17, 15) is 22.0 Å². The molecule has 1 aromatic carbocycles. The molecular formula is C12H16F2N2O3S. The first kappa shape index (κ1) is 16.5. The first-order chi connectivity index (χ1) is 9.04. The Bertz CT molecular complexity index is 630. The van der Waals surface area contributed by atoms with Crippen molar-refractivity contribution in [3.05, 3.63) is 29.3 Å². The number of halogens is 2. The van der Waals surface area contributed by atoms with E-state index < -0.39 is 38.0 Å². The maximum Gasteiger partial charge on any atom is 0.255 e. The second-order valence-electron chi connectivity index (χ2n) is 4.89. The van der Waals surface area contributed by atoms with Crippen molar-refractivity contribution in [2.24, 2.45) is 11.1 Å². The number of nitrogens with two attached hydrogens (primary N) is 1. The summed E-state index contributed by atoms with van der Waals surface area (Å²) in [6, 6.07) is 0.968. The average molecular weight is 306 g/mol. The largest absolute Gasteiger partial charge is 0.341 e. The van der Waals surface area contributed by atoms with E-state index in [1.54, 1.807) is 0 Å². The summed E-state index contributed by atoms with van der Waals surface area (Å²) in [5, 5.41) is 4.93. The molecule has 0 aliphatic heterocycles. The van der Waals surface area contributed by atoms with Crippen molar-refractivity contribution in [2.45, 2.75) is 18.7 Å². The summed E-state index contributed by atoms with van der Waals surface area (Å²) in [5.74, 6) is -3.29. The number of hydrogen-bond acceptors (Lipinski definition) is 3. The van der Waals surface area contributed by atoms with Gasteiger partial charge < -0.3 is 4.90 Å². The minimum absolute atomic E-state index is 0.132. The van der Waals surface area contributed by atoms with E-state index in [0.29, 0.717) is 18.7 Å². The molecule has 0 aliphatic carbocycles. The minimum atomic E-state index is -4.33. The molecule has 8 heteroatoms. The second kappa shape index (κ2) is 5.84. The van der Waals surface area contributed by atoms with Gasteiger partial charge in [-0.05, 0) is 18.1 Å². The minimum Gasteiger partial charge on any atom is -0.341 e. The lowest BCUT2D eigenvalue weighted by Crippen LogP contribution is -2.32. The molecule has 0 radical (unpaired) electrons. The van der Waals surface area contributed by atoms with Gasteiger partial charge >= 0.3 is 0 Å². The van der Waals surface area contributed by atoms with E-state index in [0.717, 1.165) is 0 Å². The van der Waals surface area contributed by atoms with Gasteiger partial charge in [-0.2, -0.15) is 0 Å². The molecule has 0 spiro atoms. The maximum atomic E-state index is 13.3. The summed E-state index contributed by atoms with van der Waals surface area (Å²) in [5.41, 5.74) is -0.477. The van der Waals surface area contributed by atoms with Crippen LogP contribution in [0.2, 0.25) is 0 Å². The molecule has 0 saturated carbocycles. The predicted molar refractivity (Wildman–Crippen MR) is 69.5 cm³/mol. The molecule has 0 unspecified atom stereocenters. The molecule has 1 rings (SSSR count).